The van der Waals surface area contributed by atoms with Gasteiger partial charge in [0.15, 0.2) is 5.78 Å². The Bertz CT molecular complexity index is 3010. The Balaban J connectivity index is 0.000000160. The first-order valence-corrected chi connectivity index (χ1v) is 34.0. The van der Waals surface area contributed by atoms with Crippen molar-refractivity contribution in [2.24, 2.45) is 87.8 Å². The lowest BCUT2D eigenvalue weighted by Gasteiger charge is -2.54. The predicted molar refractivity (Wildman–Crippen MR) is 330 cm³/mol. The van der Waals surface area contributed by atoms with Gasteiger partial charge in [0.1, 0.15) is 19.0 Å². The van der Waals surface area contributed by atoms with Crippen molar-refractivity contribution >= 4 is 23.8 Å². The molecule has 21 atom stereocenters. The van der Waals surface area contributed by atoms with Gasteiger partial charge in [-0.3, -0.25) is 9.59 Å². The van der Waals surface area contributed by atoms with Crippen LogP contribution in [-0.2, 0) is 41.8 Å². The van der Waals surface area contributed by atoms with E-state index < -0.39 is 0 Å². The number of rotatable bonds is 5. The van der Waals surface area contributed by atoms with Crippen LogP contribution >= 0.6 is 0 Å². The van der Waals surface area contributed by atoms with Crippen LogP contribution in [0.5, 0.6) is 0 Å². The smallest absolute Gasteiger partial charge is 0.410 e. The second kappa shape index (κ2) is 23.2. The lowest BCUT2D eigenvalue weighted by atomic mass is 9.50. The molecule has 466 valence electrons. The van der Waals surface area contributed by atoms with E-state index in [0.29, 0.717) is 84.9 Å². The van der Waals surface area contributed by atoms with E-state index in [2.05, 4.69) is 55.4 Å². The van der Waals surface area contributed by atoms with Crippen LogP contribution < -0.4 is 0 Å². The number of benzene rings is 2. The minimum atomic E-state index is -0.251. The largest absolute Gasteiger partial charge is 0.515 e. The number of ether oxygens (including phenoxy) is 4. The summed E-state index contributed by atoms with van der Waals surface area (Å²) in [6.45, 7) is 20.7. The average molecular weight is 1180 g/mol. The van der Waals surface area contributed by atoms with Crippen molar-refractivity contribution in [2.75, 3.05) is 19.7 Å². The molecule has 12 heteroatoms. The number of fused-ring (bicyclic) bond motifs is 12. The zero-order valence-electron chi connectivity index (χ0n) is 53.0. The molecule has 0 bridgehead atoms. The van der Waals surface area contributed by atoms with Gasteiger partial charge in [0.05, 0.1) is 48.4 Å². The van der Waals surface area contributed by atoms with Crippen molar-refractivity contribution in [3.05, 3.63) is 106 Å². The maximum absolute atomic E-state index is 13.5. The molecule has 1 unspecified atom stereocenters. The van der Waals surface area contributed by atoms with Crippen LogP contribution in [0, 0.1) is 87.8 Å². The molecule has 2 spiro atoms. The number of hydrogen-bond acceptors (Lipinski definition) is 10. The lowest BCUT2D eigenvalue weighted by Crippen LogP contribution is -2.54. The van der Waals surface area contributed by atoms with Gasteiger partial charge in [0.2, 0.25) is 0 Å². The van der Waals surface area contributed by atoms with Gasteiger partial charge in [0, 0.05) is 49.3 Å². The normalized spacial score (nSPS) is 43.6. The fraction of sp³-hybridized carbons (Fsp3) is 0.703. The van der Waals surface area contributed by atoms with Crippen LogP contribution in [0.3, 0.4) is 0 Å². The van der Waals surface area contributed by atoms with Crippen molar-refractivity contribution < 1.29 is 48.3 Å². The van der Waals surface area contributed by atoms with Crippen LogP contribution in [0.2, 0.25) is 0 Å². The molecule has 0 aromatic heterocycles. The Labute approximate surface area is 512 Å². The van der Waals surface area contributed by atoms with E-state index in [1.54, 1.807) is 11.1 Å². The molecule has 2 amide bonds. The Kier molecular flexibility index (Phi) is 16.2. The first kappa shape index (κ1) is 60.1. The average Bonchev–Trinajstić information content (AvgIpc) is 1.65. The minimum absolute atomic E-state index is 0.0111. The zero-order chi connectivity index (χ0) is 60.2. The second-order valence-corrected chi connectivity index (χ2v) is 30.9. The number of nitrogens with zero attached hydrogens (tertiary/aromatic N) is 2. The molecule has 2 aromatic carbocycles. The number of allylic oxidation sites excluding steroid dienone is 3. The second-order valence-electron chi connectivity index (χ2n) is 30.9. The van der Waals surface area contributed by atoms with Crippen LogP contribution in [0.15, 0.2) is 94.8 Å². The summed E-state index contributed by atoms with van der Waals surface area (Å²) >= 11 is 0. The fourth-order valence-electron chi connectivity index (χ4n) is 22.4. The number of aliphatic hydroxyl groups excluding tert-OH is 2. The van der Waals surface area contributed by atoms with Crippen molar-refractivity contribution in [1.82, 2.24) is 9.80 Å². The Hall–Kier alpha value is -4.78. The van der Waals surface area contributed by atoms with Gasteiger partial charge in [-0.05, 0) is 198 Å². The lowest BCUT2D eigenvalue weighted by molar-refractivity contribution is -0.142. The van der Waals surface area contributed by atoms with Crippen LogP contribution in [-0.4, -0.2) is 99.0 Å². The molecule has 8 aliphatic carbocycles. The van der Waals surface area contributed by atoms with E-state index in [1.165, 1.54) is 17.6 Å². The van der Waals surface area contributed by atoms with Crippen LogP contribution in [0.1, 0.15) is 182 Å². The predicted octanol–water partition coefficient (Wildman–Crippen LogP) is 14.7. The van der Waals surface area contributed by atoms with Crippen molar-refractivity contribution in [1.29, 1.82) is 0 Å². The third-order valence-corrected chi connectivity index (χ3v) is 26.6. The molecule has 4 aliphatic heterocycles. The molecule has 2 aromatic rings. The molecule has 4 heterocycles. The van der Waals surface area contributed by atoms with Gasteiger partial charge in [-0.25, -0.2) is 9.59 Å². The van der Waals surface area contributed by atoms with E-state index in [4.69, 9.17) is 18.9 Å². The highest BCUT2D eigenvalue weighted by atomic mass is 16.6. The summed E-state index contributed by atoms with van der Waals surface area (Å²) in [5.74, 6) is 5.64. The monoisotopic (exact) mass is 1180 g/mol. The number of amides is 2. The van der Waals surface area contributed by atoms with Gasteiger partial charge in [0.25, 0.3) is 0 Å². The number of likely N-dealkylation sites (tertiary alicyclic amines) is 2. The first-order valence-electron chi connectivity index (χ1n) is 34.0. The minimum Gasteiger partial charge on any atom is -0.515 e. The molecule has 0 radical (unpaired) electrons. The van der Waals surface area contributed by atoms with Crippen molar-refractivity contribution in [2.45, 2.75) is 220 Å². The number of ketones is 2. The van der Waals surface area contributed by atoms with Gasteiger partial charge in [-0.2, -0.15) is 0 Å². The molecule has 10 fully saturated rings. The van der Waals surface area contributed by atoms with E-state index in [1.807, 2.05) is 70.5 Å². The maximum atomic E-state index is 13.5. The number of aliphatic hydroxyl groups is 2. The highest BCUT2D eigenvalue weighted by Crippen LogP contribution is 2.68. The van der Waals surface area contributed by atoms with Gasteiger partial charge in [-0.15, -0.1) is 0 Å². The van der Waals surface area contributed by atoms with Crippen molar-refractivity contribution in [3.63, 3.8) is 0 Å². The SMILES string of the molecule is CC1=C2C[C@H]3[C@@H](CC[C@@H]4/C(=C/O)C(=O)CC[C@@]43C)[C@@H]2CC[C@@]2(C1)O[C@@H]1C[C@H](C)CN(C(=O)OCc3ccccc3)[C@H]1[C@H]2C.CC1=C2C[C@H]3[C@@H](CC[C@@H]4C(CO)C(=O)CC[C@@]43C)[C@@H]2CC[C@@]2(C1)O[C@@H]1C[C@H](C)CN(C(=O)OCc3ccccc3)[C@H]1[C@H]2C. The van der Waals surface area contributed by atoms with Crippen molar-refractivity contribution in [3.8, 4) is 0 Å². The highest BCUT2D eigenvalue weighted by molar-refractivity contribution is 5.96. The van der Waals surface area contributed by atoms with Crippen LogP contribution in [0.25, 0.3) is 0 Å². The summed E-state index contributed by atoms with van der Waals surface area (Å²) in [5.41, 5.74) is 8.76. The molecule has 86 heavy (non-hydrogen) atoms. The Morgan fingerprint density at radius 3 is 1.59 bits per heavy atom. The summed E-state index contributed by atoms with van der Waals surface area (Å²) in [5, 5.41) is 20.1. The number of piperidine rings is 2. The summed E-state index contributed by atoms with van der Waals surface area (Å²) in [6.07, 6.45) is 18.8. The maximum Gasteiger partial charge on any atom is 0.410 e. The van der Waals surface area contributed by atoms with Gasteiger partial charge in [-0.1, -0.05) is 124 Å². The fourth-order valence-corrected chi connectivity index (χ4v) is 22.4. The van der Waals surface area contributed by atoms with Gasteiger partial charge < -0.3 is 39.0 Å². The highest BCUT2D eigenvalue weighted by Gasteiger charge is 2.64. The van der Waals surface area contributed by atoms with Gasteiger partial charge >= 0.3 is 12.2 Å². The molecule has 2 N–H and O–H groups in total. The number of carbonyl (C=O) groups is 4. The van der Waals surface area contributed by atoms with E-state index >= 15 is 0 Å². The Morgan fingerprint density at radius 2 is 1.10 bits per heavy atom. The van der Waals surface area contributed by atoms with E-state index in [0.717, 1.165) is 127 Å². The third-order valence-electron chi connectivity index (χ3n) is 26.6. The summed E-state index contributed by atoms with van der Waals surface area (Å²) in [6, 6.07) is 20.0. The summed E-state index contributed by atoms with van der Waals surface area (Å²) in [7, 11) is 0. The number of hydrogen-bond donors (Lipinski definition) is 2. The quantitative estimate of drug-likeness (QED) is 0.168. The molecule has 14 rings (SSSR count). The molecule has 6 saturated carbocycles. The summed E-state index contributed by atoms with van der Waals surface area (Å²) in [4.78, 5) is 56.4. The number of Topliss-reactive ketones (excluding diaryl/α,β-unsaturated/α-hetero) is 2. The Morgan fingerprint density at radius 1 is 0.628 bits per heavy atom. The van der Waals surface area contributed by atoms with Crippen LogP contribution in [0.4, 0.5) is 9.59 Å². The topological polar surface area (TPSA) is 152 Å². The molecule has 12 nitrogen and oxygen atoms in total. The van der Waals surface area contributed by atoms with E-state index in [9.17, 15) is 29.4 Å². The standard InChI is InChI=1S/C37H51NO5.C37H49NO5/c2*1-22-16-33-34(38(19-22)35(41)42-21-25-8-6-5-7-9-25)24(3)37(43-33)15-12-26-27-10-11-30-29(20-39)32(40)13-14-36(30,4)31(27)17-28(26)23(2)18-37/h5-9,22,24,26-27,29-31,33-34,39H,10-21H2,1-4H3;5-9,20,22,24,26-27,30-31,33-34,39H,10-19,21H2,1-4H3/b;29-20-/t22-,24+,26-,27-,29?,30+,31-,33+,34-,36-,37-;22-,24+,26-,27-,30+,31-,33+,34-,36-,37-/m00/s1. The van der Waals surface area contributed by atoms with E-state index in [-0.39, 0.29) is 100 Å². The summed E-state index contributed by atoms with van der Waals surface area (Å²) < 4.78 is 26.1. The molecule has 12 aliphatic rings. The molecular formula is C74H100N2O10. The third kappa shape index (κ3) is 10.1. The molecular weight excluding hydrogens is 1080 g/mol. The first-order chi connectivity index (χ1) is 41.3. The number of carbonyl (C=O) groups excluding carboxylic acids is 4. The zero-order valence-corrected chi connectivity index (χ0v) is 53.0. The molecule has 4 saturated heterocycles.